The van der Waals surface area contributed by atoms with Gasteiger partial charge in [0.05, 0.1) is 11.0 Å². The molecule has 5 heteroatoms. The van der Waals surface area contributed by atoms with E-state index in [4.69, 9.17) is 15.0 Å². The molecule has 0 saturated carbocycles. The smallest absolute Gasteiger partial charge is 0.238 e. The number of hydrogen-bond acceptors (Lipinski definition) is 4. The highest BCUT2D eigenvalue weighted by atomic mass is 32.1. The summed E-state index contributed by atoms with van der Waals surface area (Å²) in [5.41, 5.74) is 6.32. The molecule has 242 valence electrons. The van der Waals surface area contributed by atoms with Gasteiger partial charge in [0.15, 0.2) is 11.6 Å². The number of rotatable bonds is 4. The van der Waals surface area contributed by atoms with E-state index in [2.05, 4.69) is 138 Å². The summed E-state index contributed by atoms with van der Waals surface area (Å²) in [6, 6.07) is 60.2. The Morgan fingerprint density at radius 2 is 0.981 bits per heavy atom. The standard InChI is InChI=1S/C47H28N4S/c1-3-14-31(15-4-1)45-48-46(32-16-5-2-6-17-32)50-47(49-45)51-43-35-19-10-8-13-30(35)22-25-38(43)37-21-11-20-36(44(37)51)33-23-26-39-41(28-33)52-40-27-24-29-12-7-9-18-34(29)42(39)40/h1-28H. The molecule has 0 radical (unpaired) electrons. The third-order valence-electron chi connectivity index (χ3n) is 10.2. The van der Waals surface area contributed by atoms with Crippen molar-refractivity contribution in [3.05, 3.63) is 170 Å². The summed E-state index contributed by atoms with van der Waals surface area (Å²) >= 11 is 1.86. The first-order valence-electron chi connectivity index (χ1n) is 17.5. The molecule has 0 saturated heterocycles. The lowest BCUT2D eigenvalue weighted by Gasteiger charge is -2.14. The van der Waals surface area contributed by atoms with Crippen molar-refractivity contribution in [2.45, 2.75) is 0 Å². The maximum atomic E-state index is 5.26. The maximum Gasteiger partial charge on any atom is 0.238 e. The summed E-state index contributed by atoms with van der Waals surface area (Å²) in [5.74, 6) is 1.86. The van der Waals surface area contributed by atoms with Crippen LogP contribution in [-0.2, 0) is 0 Å². The van der Waals surface area contributed by atoms with E-state index in [1.54, 1.807) is 0 Å². The lowest BCUT2D eigenvalue weighted by atomic mass is 9.99. The van der Waals surface area contributed by atoms with E-state index in [0.29, 0.717) is 17.6 Å². The molecule has 0 atom stereocenters. The van der Waals surface area contributed by atoms with E-state index >= 15 is 0 Å². The Bertz CT molecular complexity index is 3120. The van der Waals surface area contributed by atoms with Crippen LogP contribution in [0, 0.1) is 0 Å². The zero-order chi connectivity index (χ0) is 34.2. The van der Waals surface area contributed by atoms with Gasteiger partial charge in [0.2, 0.25) is 5.95 Å². The zero-order valence-corrected chi connectivity index (χ0v) is 28.7. The molecule has 0 spiro atoms. The maximum absolute atomic E-state index is 5.26. The quantitative estimate of drug-likeness (QED) is 0.186. The lowest BCUT2D eigenvalue weighted by molar-refractivity contribution is 0.955. The fourth-order valence-electron chi connectivity index (χ4n) is 7.87. The second kappa shape index (κ2) is 11.4. The van der Waals surface area contributed by atoms with E-state index in [9.17, 15) is 0 Å². The minimum absolute atomic E-state index is 0.589. The number of hydrogen-bond donors (Lipinski definition) is 0. The van der Waals surface area contributed by atoms with E-state index in [0.717, 1.165) is 49.4 Å². The molecule has 3 heterocycles. The third kappa shape index (κ3) is 4.43. The molecule has 0 aliphatic rings. The topological polar surface area (TPSA) is 43.6 Å². The molecule has 8 aromatic carbocycles. The predicted molar refractivity (Wildman–Crippen MR) is 218 cm³/mol. The van der Waals surface area contributed by atoms with Gasteiger partial charge in [-0.15, -0.1) is 11.3 Å². The molecule has 0 bridgehead atoms. The van der Waals surface area contributed by atoms with Gasteiger partial charge < -0.3 is 0 Å². The monoisotopic (exact) mass is 680 g/mol. The Hall–Kier alpha value is -6.69. The van der Waals surface area contributed by atoms with Crippen LogP contribution in [0.3, 0.4) is 0 Å². The average molecular weight is 681 g/mol. The Kier molecular flexibility index (Phi) is 6.39. The van der Waals surface area contributed by atoms with Crippen molar-refractivity contribution in [2.24, 2.45) is 0 Å². The van der Waals surface area contributed by atoms with Gasteiger partial charge >= 0.3 is 0 Å². The molecular formula is C47H28N4S. The number of benzene rings is 8. The van der Waals surface area contributed by atoms with E-state index in [1.165, 1.54) is 36.3 Å². The molecular weight excluding hydrogens is 653 g/mol. The highest BCUT2D eigenvalue weighted by molar-refractivity contribution is 7.26. The number of thiophene rings is 1. The van der Waals surface area contributed by atoms with Gasteiger partial charge in [0, 0.05) is 53.0 Å². The second-order valence-corrected chi connectivity index (χ2v) is 14.3. The van der Waals surface area contributed by atoms with Crippen molar-refractivity contribution >= 4 is 74.9 Å². The molecule has 0 unspecified atom stereocenters. The summed E-state index contributed by atoms with van der Waals surface area (Å²) in [5, 5.41) is 9.81. The Morgan fingerprint density at radius 3 is 1.73 bits per heavy atom. The molecule has 4 nitrogen and oxygen atoms in total. The number of fused-ring (bicyclic) bond motifs is 10. The molecule has 3 aromatic heterocycles. The minimum Gasteiger partial charge on any atom is -0.277 e. The van der Waals surface area contributed by atoms with Crippen LogP contribution in [0.5, 0.6) is 0 Å². The van der Waals surface area contributed by atoms with Gasteiger partial charge in [-0.25, -0.2) is 4.98 Å². The van der Waals surface area contributed by atoms with Crippen LogP contribution in [-0.4, -0.2) is 19.5 Å². The normalized spacial score (nSPS) is 11.8. The van der Waals surface area contributed by atoms with Crippen molar-refractivity contribution in [1.82, 2.24) is 19.5 Å². The van der Waals surface area contributed by atoms with E-state index < -0.39 is 0 Å². The van der Waals surface area contributed by atoms with Crippen molar-refractivity contribution in [2.75, 3.05) is 0 Å². The molecule has 0 fully saturated rings. The fourth-order valence-corrected chi connectivity index (χ4v) is 9.03. The lowest BCUT2D eigenvalue weighted by Crippen LogP contribution is -2.07. The van der Waals surface area contributed by atoms with Gasteiger partial charge in [-0.05, 0) is 33.9 Å². The van der Waals surface area contributed by atoms with Crippen molar-refractivity contribution in [3.63, 3.8) is 0 Å². The summed E-state index contributed by atoms with van der Waals surface area (Å²) < 4.78 is 4.86. The SMILES string of the molecule is c1ccc(-c2nc(-c3ccccc3)nc(-n3c4c(-c5ccc6c(c5)sc5ccc7ccccc7c56)cccc4c4ccc5ccccc5c43)n2)cc1. The van der Waals surface area contributed by atoms with E-state index in [-0.39, 0.29) is 0 Å². The van der Waals surface area contributed by atoms with Gasteiger partial charge in [-0.1, -0.05) is 158 Å². The largest absolute Gasteiger partial charge is 0.277 e. The molecule has 52 heavy (non-hydrogen) atoms. The molecule has 0 aliphatic heterocycles. The Morgan fingerprint density at radius 1 is 0.385 bits per heavy atom. The van der Waals surface area contributed by atoms with Crippen molar-refractivity contribution < 1.29 is 0 Å². The number of nitrogens with zero attached hydrogens (tertiary/aromatic N) is 4. The third-order valence-corrected chi connectivity index (χ3v) is 11.4. The van der Waals surface area contributed by atoms with Crippen molar-refractivity contribution in [3.8, 4) is 39.9 Å². The fraction of sp³-hybridized carbons (Fsp3) is 0. The molecule has 0 N–H and O–H groups in total. The first-order chi connectivity index (χ1) is 25.8. The highest BCUT2D eigenvalue weighted by Crippen LogP contribution is 2.44. The van der Waals surface area contributed by atoms with Crippen LogP contribution >= 0.6 is 11.3 Å². The molecule has 11 aromatic rings. The van der Waals surface area contributed by atoms with Crippen LogP contribution in [0.15, 0.2) is 170 Å². The van der Waals surface area contributed by atoms with Gasteiger partial charge in [-0.3, -0.25) is 4.57 Å². The van der Waals surface area contributed by atoms with E-state index in [1.807, 2.05) is 47.7 Å². The summed E-state index contributed by atoms with van der Waals surface area (Å²) in [4.78, 5) is 15.6. The number of aromatic nitrogens is 4. The first kappa shape index (κ1) is 29.1. The minimum atomic E-state index is 0.589. The van der Waals surface area contributed by atoms with Gasteiger partial charge in [-0.2, -0.15) is 9.97 Å². The summed E-state index contributed by atoms with van der Waals surface area (Å²) in [6.07, 6.45) is 0. The molecule has 0 aliphatic carbocycles. The number of para-hydroxylation sites is 1. The zero-order valence-electron chi connectivity index (χ0n) is 27.9. The van der Waals surface area contributed by atoms with Crippen LogP contribution in [0.2, 0.25) is 0 Å². The summed E-state index contributed by atoms with van der Waals surface area (Å²) in [7, 11) is 0. The molecule has 0 amide bonds. The Balaban J connectivity index is 1.25. The molecule has 11 rings (SSSR count). The van der Waals surface area contributed by atoms with Crippen molar-refractivity contribution in [1.29, 1.82) is 0 Å². The van der Waals surface area contributed by atoms with Gasteiger partial charge in [0.25, 0.3) is 0 Å². The van der Waals surface area contributed by atoms with Crippen LogP contribution in [0.25, 0.3) is 103 Å². The van der Waals surface area contributed by atoms with Crippen LogP contribution < -0.4 is 0 Å². The summed E-state index contributed by atoms with van der Waals surface area (Å²) in [6.45, 7) is 0. The first-order valence-corrected chi connectivity index (χ1v) is 18.3. The Labute approximate surface area is 302 Å². The highest BCUT2D eigenvalue weighted by Gasteiger charge is 2.22. The average Bonchev–Trinajstić information content (AvgIpc) is 3.77. The second-order valence-electron chi connectivity index (χ2n) is 13.2. The van der Waals surface area contributed by atoms with Crippen LogP contribution in [0.1, 0.15) is 0 Å². The van der Waals surface area contributed by atoms with Crippen LogP contribution in [0.4, 0.5) is 0 Å². The predicted octanol–water partition coefficient (Wildman–Crippen LogP) is 12.6. The van der Waals surface area contributed by atoms with Gasteiger partial charge in [0.1, 0.15) is 0 Å².